The third-order valence-corrected chi connectivity index (χ3v) is 6.51. The second-order valence-electron chi connectivity index (χ2n) is 8.72. The molecule has 0 amide bonds. The number of likely N-dealkylation sites (tertiary alicyclic amines) is 2. The first-order chi connectivity index (χ1) is 14.7. The molecule has 0 aromatic heterocycles. The van der Waals surface area contributed by atoms with Crippen LogP contribution in [0.5, 0.6) is 5.75 Å². The number of aliphatic imine (C=N–C) groups is 1. The summed E-state index contributed by atoms with van der Waals surface area (Å²) in [6.45, 7) is 9.54. The molecule has 2 aliphatic rings. The average Bonchev–Trinajstić information content (AvgIpc) is 3.30. The van der Waals surface area contributed by atoms with Crippen molar-refractivity contribution in [2.24, 2.45) is 10.9 Å². The molecule has 0 radical (unpaired) electrons. The highest BCUT2D eigenvalue weighted by Gasteiger charge is 2.24. The van der Waals surface area contributed by atoms with Crippen LogP contribution in [0.3, 0.4) is 0 Å². The van der Waals surface area contributed by atoms with Gasteiger partial charge in [-0.1, -0.05) is 12.1 Å². The van der Waals surface area contributed by atoms with E-state index in [4.69, 9.17) is 9.73 Å². The van der Waals surface area contributed by atoms with Gasteiger partial charge in [0.25, 0.3) is 0 Å². The maximum absolute atomic E-state index is 5.47. The minimum Gasteiger partial charge on any atom is -0.497 e. The van der Waals surface area contributed by atoms with Crippen molar-refractivity contribution in [1.82, 2.24) is 20.4 Å². The Balaban J connectivity index is 0.00000341. The molecule has 0 saturated carbocycles. The fraction of sp³-hybridized carbons (Fsp3) is 0.708. The predicted octanol–water partition coefficient (Wildman–Crippen LogP) is 3.74. The molecule has 2 heterocycles. The summed E-state index contributed by atoms with van der Waals surface area (Å²) in [6, 6.07) is 8.78. The molecule has 2 aliphatic heterocycles. The minimum absolute atomic E-state index is 0. The van der Waals surface area contributed by atoms with Crippen molar-refractivity contribution in [3.05, 3.63) is 29.8 Å². The van der Waals surface area contributed by atoms with Crippen LogP contribution in [-0.4, -0.2) is 75.7 Å². The summed E-state index contributed by atoms with van der Waals surface area (Å²) in [6.07, 6.45) is 6.42. The van der Waals surface area contributed by atoms with Crippen molar-refractivity contribution in [3.8, 4) is 5.75 Å². The smallest absolute Gasteiger partial charge is 0.191 e. The molecule has 2 N–H and O–H groups in total. The number of hydrogen-bond acceptors (Lipinski definition) is 4. The van der Waals surface area contributed by atoms with Gasteiger partial charge in [-0.2, -0.15) is 0 Å². The van der Waals surface area contributed by atoms with Crippen LogP contribution >= 0.6 is 24.0 Å². The Morgan fingerprint density at radius 1 is 1.16 bits per heavy atom. The first kappa shape index (κ1) is 26.2. The summed E-state index contributed by atoms with van der Waals surface area (Å²) < 4.78 is 5.47. The van der Waals surface area contributed by atoms with E-state index in [1.54, 1.807) is 7.11 Å². The van der Waals surface area contributed by atoms with Crippen LogP contribution in [-0.2, 0) is 0 Å². The lowest BCUT2D eigenvalue weighted by Crippen LogP contribution is -2.40. The van der Waals surface area contributed by atoms with Crippen molar-refractivity contribution < 1.29 is 4.74 Å². The first-order valence-electron chi connectivity index (χ1n) is 11.8. The number of halogens is 1. The van der Waals surface area contributed by atoms with Crippen LogP contribution in [0.1, 0.15) is 50.6 Å². The number of benzene rings is 1. The second kappa shape index (κ2) is 14.2. The van der Waals surface area contributed by atoms with Gasteiger partial charge in [0.05, 0.1) is 19.7 Å². The van der Waals surface area contributed by atoms with Crippen molar-refractivity contribution in [2.45, 2.75) is 45.1 Å². The number of nitrogens with zero attached hydrogens (tertiary/aromatic N) is 3. The lowest BCUT2D eigenvalue weighted by Gasteiger charge is -2.29. The standard InChI is InChI=1S/C24H41N5O.HI/c1-4-25-24(26-13-10-20-11-16-28(2)17-12-20)27-19-23(29-14-5-6-15-29)21-8-7-9-22(18-21)30-3;/h7-9,18,20,23H,4-6,10-17,19H2,1-3H3,(H2,25,26,27);1H. The monoisotopic (exact) mass is 543 g/mol. The molecule has 2 fully saturated rings. The van der Waals surface area contributed by atoms with E-state index in [0.717, 1.165) is 50.4 Å². The molecule has 1 unspecified atom stereocenters. The highest BCUT2D eigenvalue weighted by Crippen LogP contribution is 2.28. The Labute approximate surface area is 206 Å². The summed E-state index contributed by atoms with van der Waals surface area (Å²) in [5, 5.41) is 7.02. The normalized spacial score (nSPS) is 19.6. The van der Waals surface area contributed by atoms with Gasteiger partial charge in [0.15, 0.2) is 5.96 Å². The quantitative estimate of drug-likeness (QED) is 0.283. The summed E-state index contributed by atoms with van der Waals surface area (Å²) in [7, 11) is 3.96. The zero-order valence-electron chi connectivity index (χ0n) is 19.6. The number of hydrogen-bond donors (Lipinski definition) is 2. The molecular weight excluding hydrogens is 501 g/mol. The van der Waals surface area contributed by atoms with E-state index >= 15 is 0 Å². The summed E-state index contributed by atoms with van der Waals surface area (Å²) in [4.78, 5) is 10.00. The van der Waals surface area contributed by atoms with Crippen molar-refractivity contribution in [3.63, 3.8) is 0 Å². The van der Waals surface area contributed by atoms with Gasteiger partial charge < -0.3 is 20.3 Å². The summed E-state index contributed by atoms with van der Waals surface area (Å²) >= 11 is 0. The molecule has 6 nitrogen and oxygen atoms in total. The van der Waals surface area contributed by atoms with Gasteiger partial charge in [-0.25, -0.2) is 0 Å². The molecule has 31 heavy (non-hydrogen) atoms. The Morgan fingerprint density at radius 3 is 2.58 bits per heavy atom. The maximum Gasteiger partial charge on any atom is 0.191 e. The third kappa shape index (κ3) is 8.42. The van der Waals surface area contributed by atoms with Gasteiger partial charge >= 0.3 is 0 Å². The second-order valence-corrected chi connectivity index (χ2v) is 8.72. The number of ether oxygens (including phenoxy) is 1. The van der Waals surface area contributed by atoms with E-state index < -0.39 is 0 Å². The Morgan fingerprint density at radius 2 is 1.90 bits per heavy atom. The SMILES string of the molecule is CCNC(=NCC(c1cccc(OC)c1)N1CCCC1)NCCC1CCN(C)CC1.I. The molecule has 1 aromatic carbocycles. The van der Waals surface area contributed by atoms with E-state index in [9.17, 15) is 0 Å². The van der Waals surface area contributed by atoms with Crippen molar-refractivity contribution in [1.29, 1.82) is 0 Å². The number of methoxy groups -OCH3 is 1. The fourth-order valence-corrected chi connectivity index (χ4v) is 4.60. The van der Waals surface area contributed by atoms with Gasteiger partial charge in [0.1, 0.15) is 5.75 Å². The predicted molar refractivity (Wildman–Crippen MR) is 141 cm³/mol. The van der Waals surface area contributed by atoms with Crippen LogP contribution in [0.4, 0.5) is 0 Å². The zero-order chi connectivity index (χ0) is 21.2. The Hall–Kier alpha value is -1.06. The molecule has 176 valence electrons. The lowest BCUT2D eigenvalue weighted by molar-refractivity contribution is 0.213. The lowest BCUT2D eigenvalue weighted by atomic mass is 9.94. The first-order valence-corrected chi connectivity index (χ1v) is 11.8. The van der Waals surface area contributed by atoms with Crippen LogP contribution < -0.4 is 15.4 Å². The summed E-state index contributed by atoms with van der Waals surface area (Å²) in [5.74, 6) is 2.70. The minimum atomic E-state index is 0. The van der Waals surface area contributed by atoms with Crippen LogP contribution in [0.2, 0.25) is 0 Å². The van der Waals surface area contributed by atoms with E-state index in [-0.39, 0.29) is 24.0 Å². The van der Waals surface area contributed by atoms with E-state index in [0.29, 0.717) is 6.04 Å². The van der Waals surface area contributed by atoms with Gasteiger partial charge in [-0.3, -0.25) is 9.89 Å². The van der Waals surface area contributed by atoms with Gasteiger partial charge in [0.2, 0.25) is 0 Å². The van der Waals surface area contributed by atoms with Crippen LogP contribution in [0.25, 0.3) is 0 Å². The van der Waals surface area contributed by atoms with Gasteiger partial charge in [-0.15, -0.1) is 24.0 Å². The average molecular weight is 544 g/mol. The molecule has 1 aromatic rings. The summed E-state index contributed by atoms with van der Waals surface area (Å²) in [5.41, 5.74) is 1.29. The molecule has 3 rings (SSSR count). The van der Waals surface area contributed by atoms with Crippen LogP contribution in [0, 0.1) is 5.92 Å². The van der Waals surface area contributed by atoms with Gasteiger partial charge in [-0.05, 0) is 95.9 Å². The highest BCUT2D eigenvalue weighted by molar-refractivity contribution is 14.0. The number of nitrogens with one attached hydrogen (secondary N) is 2. The Kier molecular flexibility index (Phi) is 12.0. The fourth-order valence-electron chi connectivity index (χ4n) is 4.60. The topological polar surface area (TPSA) is 52.1 Å². The maximum atomic E-state index is 5.47. The Bertz CT molecular complexity index is 657. The molecule has 7 heteroatoms. The van der Waals surface area contributed by atoms with E-state index in [1.807, 2.05) is 6.07 Å². The largest absolute Gasteiger partial charge is 0.497 e. The van der Waals surface area contributed by atoms with Crippen molar-refractivity contribution >= 4 is 29.9 Å². The highest BCUT2D eigenvalue weighted by atomic mass is 127. The molecule has 2 saturated heterocycles. The third-order valence-electron chi connectivity index (χ3n) is 6.51. The van der Waals surface area contributed by atoms with Crippen molar-refractivity contribution in [2.75, 3.05) is 60.0 Å². The zero-order valence-corrected chi connectivity index (χ0v) is 21.9. The number of piperidine rings is 1. The molecular formula is C24H42IN5O. The van der Waals surface area contributed by atoms with Crippen LogP contribution in [0.15, 0.2) is 29.3 Å². The van der Waals surface area contributed by atoms with E-state index in [2.05, 4.69) is 52.6 Å². The van der Waals surface area contributed by atoms with E-state index in [1.165, 1.54) is 50.8 Å². The van der Waals surface area contributed by atoms with Gasteiger partial charge in [0, 0.05) is 13.1 Å². The molecule has 0 spiro atoms. The number of guanidine groups is 1. The number of rotatable bonds is 9. The molecule has 0 aliphatic carbocycles. The molecule has 1 atom stereocenters. The molecule has 0 bridgehead atoms.